The van der Waals surface area contributed by atoms with Crippen molar-refractivity contribution in [3.8, 4) is 0 Å². The molecule has 0 unspecified atom stereocenters. The van der Waals surface area contributed by atoms with Gasteiger partial charge in [0.05, 0.1) is 5.41 Å². The summed E-state index contributed by atoms with van der Waals surface area (Å²) in [6, 6.07) is 0.257. The molecule has 0 radical (unpaired) electrons. The zero-order valence-corrected chi connectivity index (χ0v) is 13.0. The highest BCUT2D eigenvalue weighted by Crippen LogP contribution is 2.66. The van der Waals surface area contributed by atoms with Crippen molar-refractivity contribution >= 4 is 11.9 Å². The third kappa shape index (κ3) is 1.38. The average molecular weight is 279 g/mol. The van der Waals surface area contributed by atoms with Crippen molar-refractivity contribution in [2.24, 2.45) is 10.8 Å². The molecular weight excluding hydrogens is 254 g/mol. The third-order valence-electron chi connectivity index (χ3n) is 6.49. The number of carbonyl (C=O) groups is 2. The Bertz CT molecular complexity index is 472. The maximum Gasteiger partial charge on any atom is 0.313 e. The number of hydrogen-bond acceptors (Lipinski definition) is 3. The molecule has 0 spiro atoms. The fraction of sp³-hybridized carbons (Fsp3) is 0.875. The number of ether oxygens (including phenoxy) is 1. The smallest absolute Gasteiger partial charge is 0.313 e. The van der Waals surface area contributed by atoms with Gasteiger partial charge >= 0.3 is 5.97 Å². The second-order valence-corrected chi connectivity index (χ2v) is 7.52. The van der Waals surface area contributed by atoms with E-state index in [4.69, 9.17) is 4.74 Å². The zero-order chi connectivity index (χ0) is 14.8. The Hall–Kier alpha value is -1.06. The van der Waals surface area contributed by atoms with E-state index in [1.165, 1.54) is 6.42 Å². The molecule has 1 amide bonds. The van der Waals surface area contributed by atoms with Gasteiger partial charge in [-0.3, -0.25) is 9.59 Å². The van der Waals surface area contributed by atoms with E-state index in [0.29, 0.717) is 6.42 Å². The highest BCUT2D eigenvalue weighted by atomic mass is 16.6. The maximum absolute atomic E-state index is 13.1. The van der Waals surface area contributed by atoms with Crippen LogP contribution in [0.3, 0.4) is 0 Å². The molecule has 20 heavy (non-hydrogen) atoms. The average Bonchev–Trinajstić information content (AvgIpc) is 2.69. The second-order valence-electron chi connectivity index (χ2n) is 7.52. The molecule has 3 rings (SSSR count). The lowest BCUT2D eigenvalue weighted by atomic mass is 9.66. The fourth-order valence-corrected chi connectivity index (χ4v) is 4.35. The van der Waals surface area contributed by atoms with E-state index in [0.717, 1.165) is 25.8 Å². The van der Waals surface area contributed by atoms with Gasteiger partial charge in [0.2, 0.25) is 0 Å². The molecule has 2 bridgehead atoms. The Morgan fingerprint density at radius 3 is 2.45 bits per heavy atom. The monoisotopic (exact) mass is 279 g/mol. The summed E-state index contributed by atoms with van der Waals surface area (Å²) < 4.78 is 5.70. The third-order valence-corrected chi connectivity index (χ3v) is 6.49. The van der Waals surface area contributed by atoms with Crippen molar-refractivity contribution in [1.82, 2.24) is 4.90 Å². The lowest BCUT2D eigenvalue weighted by Gasteiger charge is -2.42. The number of likely N-dealkylation sites (tertiary alicyclic amines) is 1. The first-order valence-electron chi connectivity index (χ1n) is 7.81. The summed E-state index contributed by atoms with van der Waals surface area (Å²) in [6.07, 6.45) is 4.71. The van der Waals surface area contributed by atoms with E-state index in [-0.39, 0.29) is 17.9 Å². The number of nitrogens with zero attached hydrogens (tertiary/aromatic N) is 1. The minimum absolute atomic E-state index is 0.0456. The molecule has 0 aromatic carbocycles. The van der Waals surface area contributed by atoms with Gasteiger partial charge in [-0.15, -0.1) is 0 Å². The molecule has 3 aliphatic rings. The maximum atomic E-state index is 13.1. The van der Waals surface area contributed by atoms with Crippen LogP contribution in [0.25, 0.3) is 0 Å². The van der Waals surface area contributed by atoms with Crippen LogP contribution in [0.5, 0.6) is 0 Å². The first kappa shape index (κ1) is 13.9. The molecule has 4 nitrogen and oxygen atoms in total. The van der Waals surface area contributed by atoms with Crippen LogP contribution in [0, 0.1) is 10.8 Å². The highest BCUT2D eigenvalue weighted by Gasteiger charge is 2.76. The second kappa shape index (κ2) is 3.99. The lowest BCUT2D eigenvalue weighted by Crippen LogP contribution is -2.57. The Kier molecular flexibility index (Phi) is 2.77. The number of fused-ring (bicyclic) bond motifs is 2. The predicted octanol–water partition coefficient (Wildman–Crippen LogP) is 2.51. The summed E-state index contributed by atoms with van der Waals surface area (Å²) in [7, 11) is 0. The Morgan fingerprint density at radius 1 is 1.25 bits per heavy atom. The summed E-state index contributed by atoms with van der Waals surface area (Å²) >= 11 is 0. The molecule has 2 saturated heterocycles. The number of rotatable bonds is 1. The zero-order valence-electron chi connectivity index (χ0n) is 13.0. The summed E-state index contributed by atoms with van der Waals surface area (Å²) in [6.45, 7) is 8.91. The van der Waals surface area contributed by atoms with Crippen LogP contribution in [-0.2, 0) is 14.3 Å². The number of amides is 1. The molecule has 2 heterocycles. The van der Waals surface area contributed by atoms with Crippen molar-refractivity contribution in [2.75, 3.05) is 6.54 Å². The minimum atomic E-state index is -0.926. The van der Waals surface area contributed by atoms with Crippen molar-refractivity contribution in [3.63, 3.8) is 0 Å². The molecule has 3 fully saturated rings. The van der Waals surface area contributed by atoms with Crippen molar-refractivity contribution < 1.29 is 14.3 Å². The molecule has 4 heteroatoms. The molecule has 112 valence electrons. The fourth-order valence-electron chi connectivity index (χ4n) is 4.35. The van der Waals surface area contributed by atoms with Gasteiger partial charge in [0, 0.05) is 18.0 Å². The van der Waals surface area contributed by atoms with Gasteiger partial charge in [0.15, 0.2) is 5.60 Å². The highest BCUT2D eigenvalue weighted by molar-refractivity contribution is 5.96. The lowest BCUT2D eigenvalue weighted by molar-refractivity contribution is -0.176. The summed E-state index contributed by atoms with van der Waals surface area (Å²) in [5.41, 5.74) is -1.86. The summed E-state index contributed by atoms with van der Waals surface area (Å²) in [5, 5.41) is 0. The molecule has 2 aliphatic heterocycles. The number of hydrogen-bond donors (Lipinski definition) is 0. The Labute approximate surface area is 120 Å². The van der Waals surface area contributed by atoms with Crippen LogP contribution in [0.15, 0.2) is 0 Å². The SMILES string of the molecule is C[C@@H]1CCCCN1C(=O)[C@@]12CC[C@](C)(C(=O)O1)C2(C)C. The first-order valence-corrected chi connectivity index (χ1v) is 7.81. The first-order chi connectivity index (χ1) is 9.26. The Morgan fingerprint density at radius 2 is 1.95 bits per heavy atom. The van der Waals surface area contributed by atoms with E-state index >= 15 is 0 Å². The van der Waals surface area contributed by atoms with Gasteiger partial charge < -0.3 is 9.64 Å². The summed E-state index contributed by atoms with van der Waals surface area (Å²) in [5.74, 6) is -0.143. The number of piperidine rings is 1. The van der Waals surface area contributed by atoms with Crippen LogP contribution in [0.4, 0.5) is 0 Å². The normalized spacial score (nSPS) is 42.7. The standard InChI is InChI=1S/C16H25NO3/c1-11-7-5-6-10-17(11)12(18)16-9-8-15(4,13(19)20-16)14(16,2)3/h11H,5-10H2,1-4H3/t11-,15-,16-/m1/s1. The molecule has 3 atom stereocenters. The van der Waals surface area contributed by atoms with E-state index in [2.05, 4.69) is 6.92 Å². The van der Waals surface area contributed by atoms with E-state index in [1.54, 1.807) is 0 Å². The van der Waals surface area contributed by atoms with Crippen LogP contribution >= 0.6 is 0 Å². The molecule has 0 N–H and O–H groups in total. The molecular formula is C16H25NO3. The summed E-state index contributed by atoms with van der Waals surface area (Å²) in [4.78, 5) is 27.4. The van der Waals surface area contributed by atoms with E-state index < -0.39 is 16.4 Å². The van der Waals surface area contributed by atoms with E-state index in [9.17, 15) is 9.59 Å². The molecule has 1 aliphatic carbocycles. The van der Waals surface area contributed by atoms with Gasteiger partial charge in [-0.1, -0.05) is 13.8 Å². The van der Waals surface area contributed by atoms with Gasteiger partial charge in [0.1, 0.15) is 0 Å². The van der Waals surface area contributed by atoms with Crippen LogP contribution in [0.2, 0.25) is 0 Å². The van der Waals surface area contributed by atoms with Crippen LogP contribution in [0.1, 0.15) is 59.8 Å². The number of esters is 1. The van der Waals surface area contributed by atoms with Crippen molar-refractivity contribution in [2.45, 2.75) is 71.4 Å². The molecule has 0 aromatic heterocycles. The van der Waals surface area contributed by atoms with Gasteiger partial charge in [-0.25, -0.2) is 0 Å². The minimum Gasteiger partial charge on any atom is -0.448 e. The largest absolute Gasteiger partial charge is 0.448 e. The van der Waals surface area contributed by atoms with Gasteiger partial charge in [-0.05, 0) is 46.0 Å². The predicted molar refractivity (Wildman–Crippen MR) is 75.0 cm³/mol. The molecule has 0 aromatic rings. The van der Waals surface area contributed by atoms with Gasteiger partial charge in [-0.2, -0.15) is 0 Å². The molecule has 1 saturated carbocycles. The Balaban J connectivity index is 1.97. The van der Waals surface area contributed by atoms with E-state index in [1.807, 2.05) is 25.7 Å². The van der Waals surface area contributed by atoms with Crippen molar-refractivity contribution in [3.05, 3.63) is 0 Å². The number of carbonyl (C=O) groups excluding carboxylic acids is 2. The van der Waals surface area contributed by atoms with Gasteiger partial charge in [0.25, 0.3) is 5.91 Å². The van der Waals surface area contributed by atoms with Crippen LogP contribution < -0.4 is 0 Å². The van der Waals surface area contributed by atoms with Crippen LogP contribution in [-0.4, -0.2) is 35.0 Å². The topological polar surface area (TPSA) is 46.6 Å². The quantitative estimate of drug-likeness (QED) is 0.693. The van der Waals surface area contributed by atoms with Crippen molar-refractivity contribution in [1.29, 1.82) is 0 Å².